The molecule has 3 N–H and O–H groups in total. The summed E-state index contributed by atoms with van der Waals surface area (Å²) in [6, 6.07) is 2.09. The second kappa shape index (κ2) is 15.0. The molecule has 0 aromatic heterocycles. The van der Waals surface area contributed by atoms with Crippen molar-refractivity contribution in [1.29, 1.82) is 0 Å². The fraction of sp³-hybridized carbons (Fsp3) is 0.629. The van der Waals surface area contributed by atoms with Crippen LogP contribution in [0, 0.1) is 5.92 Å². The molecule has 3 fully saturated rings. The van der Waals surface area contributed by atoms with Crippen molar-refractivity contribution in [2.24, 2.45) is 5.92 Å². The molecule has 14 nitrogen and oxygen atoms in total. The quantitative estimate of drug-likeness (QED) is 0.340. The van der Waals surface area contributed by atoms with Crippen LogP contribution < -0.4 is 15.4 Å². The van der Waals surface area contributed by atoms with Gasteiger partial charge in [-0.05, 0) is 55.2 Å². The Hall–Kier alpha value is -4.28. The number of nitrogens with zero attached hydrogens (tertiary/aromatic N) is 3. The van der Waals surface area contributed by atoms with E-state index in [1.54, 1.807) is 0 Å². The highest BCUT2D eigenvalue weighted by Gasteiger charge is 2.62. The van der Waals surface area contributed by atoms with Gasteiger partial charge in [-0.1, -0.05) is 37.1 Å². The van der Waals surface area contributed by atoms with Gasteiger partial charge in [0.15, 0.2) is 0 Å². The van der Waals surface area contributed by atoms with E-state index < -0.39 is 87.6 Å². The van der Waals surface area contributed by atoms with Gasteiger partial charge < -0.3 is 25.2 Å². The monoisotopic (exact) mass is 748 g/mol. The molecular formula is C35H46F2N6O8S. The Kier molecular flexibility index (Phi) is 10.8. The maximum Gasteiger partial charge on any atom is 0.410 e. The molecule has 0 radical (unpaired) electrons. The highest BCUT2D eigenvalue weighted by atomic mass is 32.2. The van der Waals surface area contributed by atoms with Gasteiger partial charge in [0, 0.05) is 45.4 Å². The molecule has 0 unspecified atom stereocenters. The van der Waals surface area contributed by atoms with Crippen molar-refractivity contribution in [3.05, 3.63) is 47.5 Å². The molecule has 5 atom stereocenters. The third-order valence-electron chi connectivity index (χ3n) is 10.7. The van der Waals surface area contributed by atoms with Crippen molar-refractivity contribution in [1.82, 2.24) is 30.1 Å². The van der Waals surface area contributed by atoms with Crippen molar-refractivity contribution >= 4 is 39.9 Å². The van der Waals surface area contributed by atoms with E-state index in [0.29, 0.717) is 38.9 Å². The molecule has 5 aliphatic rings. The number of hydrogen-bond acceptors (Lipinski definition) is 8. The van der Waals surface area contributed by atoms with E-state index in [1.807, 2.05) is 18.2 Å². The number of ether oxygens (including phenoxy) is 1. The molecule has 0 spiro atoms. The molecule has 6 rings (SSSR count). The predicted molar refractivity (Wildman–Crippen MR) is 183 cm³/mol. The van der Waals surface area contributed by atoms with Crippen LogP contribution in [0.25, 0.3) is 0 Å². The number of hydrogen-bond donors (Lipinski definition) is 3. The summed E-state index contributed by atoms with van der Waals surface area (Å²) in [5, 5.41) is 4.33. The number of urea groups is 1. The first-order valence-corrected chi connectivity index (χ1v) is 19.4. The van der Waals surface area contributed by atoms with E-state index in [1.165, 1.54) is 22.9 Å². The summed E-state index contributed by atoms with van der Waals surface area (Å²) in [5.74, 6) is -3.42. The van der Waals surface area contributed by atoms with E-state index in [-0.39, 0.29) is 19.4 Å². The second-order valence-electron chi connectivity index (χ2n) is 14.6. The minimum Gasteiger partial charge on any atom is -0.444 e. The molecule has 1 aromatic carbocycles. The number of benzene rings is 1. The number of aryl methyl sites for hydroxylation is 1. The molecule has 3 heterocycles. The molecule has 2 saturated carbocycles. The standard InChI is InChI=1S/C35H46F2N6O8S/c1-3-23-17-35(23,32(46)40-52(49,50)25-12-13-25)39-30(44)28-15-24-19-43(28)31(45)27(16-29(36)37)38-33(47)41(2)14-7-5-4-6-9-21-10-8-11-22-18-42(20-26(21)22)34(48)51-24/h3,8,10-11,23-25,27-29H,1,4-7,9,12-20H2,2H3,(H,38,47)(H,39,44)(H,40,46)/t23-,24+,27-,28-,35+/m0/s1. The average Bonchev–Trinajstić information content (AvgIpc) is 3.99. The number of carbonyl (C=O) groups is 5. The maximum absolute atomic E-state index is 14.1. The summed E-state index contributed by atoms with van der Waals surface area (Å²) in [6.45, 7) is 4.30. The number of nitrogens with one attached hydrogen (secondary N) is 3. The number of carbonyl (C=O) groups excluding carboxylic acids is 5. The van der Waals surface area contributed by atoms with E-state index in [4.69, 9.17) is 4.74 Å². The zero-order chi connectivity index (χ0) is 37.4. The van der Waals surface area contributed by atoms with Gasteiger partial charge in [0.1, 0.15) is 23.7 Å². The highest BCUT2D eigenvalue weighted by molar-refractivity contribution is 7.91. The Labute approximate surface area is 301 Å². The van der Waals surface area contributed by atoms with Gasteiger partial charge >= 0.3 is 12.1 Å². The highest BCUT2D eigenvalue weighted by Crippen LogP contribution is 2.45. The molecule has 2 aliphatic carbocycles. The van der Waals surface area contributed by atoms with Gasteiger partial charge in [-0.3, -0.25) is 24.0 Å². The van der Waals surface area contributed by atoms with E-state index in [2.05, 4.69) is 21.9 Å². The van der Waals surface area contributed by atoms with E-state index >= 15 is 0 Å². The van der Waals surface area contributed by atoms with Crippen molar-refractivity contribution < 1.29 is 45.9 Å². The van der Waals surface area contributed by atoms with Crippen molar-refractivity contribution in [2.75, 3.05) is 20.1 Å². The predicted octanol–water partition coefficient (Wildman–Crippen LogP) is 2.56. The SMILES string of the molecule is C=C[C@H]1C[C@]1(NC(=O)[C@@H]1C[C@@H]2CN1C(=O)[C@H](CC(F)F)NC(=O)N(C)CCCCCCc1cccc3c1CN(C3)C(=O)O2)C(=O)NS(=O)(=O)C1CC1. The van der Waals surface area contributed by atoms with Gasteiger partial charge in [0.05, 0.1) is 11.8 Å². The molecular weight excluding hydrogens is 702 g/mol. The normalized spacial score (nSPS) is 28.6. The maximum atomic E-state index is 14.1. The van der Waals surface area contributed by atoms with Crippen molar-refractivity contribution in [3.63, 3.8) is 0 Å². The summed E-state index contributed by atoms with van der Waals surface area (Å²) in [7, 11) is -2.46. The first-order valence-electron chi connectivity index (χ1n) is 17.9. The summed E-state index contributed by atoms with van der Waals surface area (Å²) < 4.78 is 60.9. The molecule has 1 saturated heterocycles. The van der Waals surface area contributed by atoms with Gasteiger partial charge in [-0.25, -0.2) is 26.8 Å². The first kappa shape index (κ1) is 37.5. The number of halogens is 2. The number of sulfonamides is 1. The minimum absolute atomic E-state index is 0.0429. The summed E-state index contributed by atoms with van der Waals surface area (Å²) in [6.07, 6.45) is 0.364. The molecule has 284 valence electrons. The Balaban J connectivity index is 1.26. The van der Waals surface area contributed by atoms with Crippen LogP contribution in [0.15, 0.2) is 30.9 Å². The lowest BCUT2D eigenvalue weighted by Crippen LogP contribution is -2.59. The topological polar surface area (TPSA) is 175 Å². The Morgan fingerprint density at radius 2 is 1.85 bits per heavy atom. The zero-order valence-electron chi connectivity index (χ0n) is 29.2. The number of fused-ring (bicyclic) bond motifs is 3. The number of amides is 6. The summed E-state index contributed by atoms with van der Waals surface area (Å²) in [4.78, 5) is 71.9. The van der Waals surface area contributed by atoms with Crippen LogP contribution in [0.4, 0.5) is 18.4 Å². The van der Waals surface area contributed by atoms with Crippen LogP contribution >= 0.6 is 0 Å². The van der Waals surface area contributed by atoms with Crippen LogP contribution in [0.1, 0.15) is 74.5 Å². The van der Waals surface area contributed by atoms with Gasteiger partial charge in [0.2, 0.25) is 28.3 Å². The largest absolute Gasteiger partial charge is 0.444 e. The van der Waals surface area contributed by atoms with Crippen molar-refractivity contribution in [2.45, 2.75) is 113 Å². The Morgan fingerprint density at radius 1 is 1.12 bits per heavy atom. The second-order valence-corrected chi connectivity index (χ2v) is 16.5. The van der Waals surface area contributed by atoms with Crippen molar-refractivity contribution in [3.8, 4) is 0 Å². The van der Waals surface area contributed by atoms with E-state index in [0.717, 1.165) is 47.3 Å². The van der Waals surface area contributed by atoms with Gasteiger partial charge in [-0.15, -0.1) is 6.58 Å². The third-order valence-corrected chi connectivity index (χ3v) is 12.6. The molecule has 1 aromatic rings. The molecule has 52 heavy (non-hydrogen) atoms. The van der Waals surface area contributed by atoms with Gasteiger partial charge in [0.25, 0.3) is 5.91 Å². The number of alkyl halides is 2. The zero-order valence-corrected chi connectivity index (χ0v) is 30.0. The fourth-order valence-corrected chi connectivity index (χ4v) is 8.81. The lowest BCUT2D eigenvalue weighted by Gasteiger charge is -2.30. The Bertz CT molecular complexity index is 1720. The summed E-state index contributed by atoms with van der Waals surface area (Å²) in [5.41, 5.74) is 1.51. The smallest absolute Gasteiger partial charge is 0.410 e. The fourth-order valence-electron chi connectivity index (χ4n) is 7.44. The van der Waals surface area contributed by atoms with Crippen LogP contribution in [-0.2, 0) is 48.7 Å². The lowest BCUT2D eigenvalue weighted by molar-refractivity contribution is -0.141. The molecule has 4 bridgehead atoms. The van der Waals surface area contributed by atoms with Crippen LogP contribution in [0.5, 0.6) is 0 Å². The minimum atomic E-state index is -3.97. The van der Waals surface area contributed by atoms with Crippen LogP contribution in [0.3, 0.4) is 0 Å². The lowest BCUT2D eigenvalue weighted by atomic mass is 9.98. The molecule has 6 amide bonds. The third kappa shape index (κ3) is 8.03. The first-order chi connectivity index (χ1) is 24.7. The number of rotatable bonds is 8. The van der Waals surface area contributed by atoms with Gasteiger partial charge in [-0.2, -0.15) is 0 Å². The average molecular weight is 749 g/mol. The molecule has 3 aliphatic heterocycles. The van der Waals surface area contributed by atoms with E-state index in [9.17, 15) is 41.2 Å². The van der Waals surface area contributed by atoms with Crippen LogP contribution in [0.2, 0.25) is 0 Å². The summed E-state index contributed by atoms with van der Waals surface area (Å²) >= 11 is 0. The molecule has 17 heteroatoms. The van der Waals surface area contributed by atoms with Crippen LogP contribution in [-0.4, -0.2) is 109 Å². The Morgan fingerprint density at radius 3 is 2.54 bits per heavy atom.